The summed E-state index contributed by atoms with van der Waals surface area (Å²) in [5, 5.41) is 11.3. The maximum absolute atomic E-state index is 6.10. The Bertz CT molecular complexity index is 870. The van der Waals surface area contributed by atoms with Gasteiger partial charge in [-0.3, -0.25) is 5.10 Å². The Morgan fingerprint density at radius 3 is 2.70 bits per heavy atom. The number of nitrogens with one attached hydrogen (secondary N) is 1. The van der Waals surface area contributed by atoms with Gasteiger partial charge in [-0.05, 0) is 48.1 Å². The van der Waals surface area contributed by atoms with Gasteiger partial charge in [0.1, 0.15) is 18.7 Å². The van der Waals surface area contributed by atoms with E-state index in [0.29, 0.717) is 16.4 Å². The molecule has 0 radical (unpaired) electrons. The molecule has 1 N–H and O–H groups in total. The number of aromatic amines is 1. The Hall–Kier alpha value is -2.44. The predicted octanol–water partition coefficient (Wildman–Crippen LogP) is 4.06. The molecule has 5 nitrogen and oxygen atoms in total. The fraction of sp³-hybridized carbons (Fsp3) is 0.0625. The molecule has 3 aromatic rings. The van der Waals surface area contributed by atoms with Gasteiger partial charge >= 0.3 is 0 Å². The first-order chi connectivity index (χ1) is 11.2. The molecule has 0 atom stereocenters. The molecule has 0 saturated heterocycles. The number of halogens is 1. The average Bonchev–Trinajstić information content (AvgIpc) is 2.98. The van der Waals surface area contributed by atoms with E-state index >= 15 is 0 Å². The molecule has 0 bridgehead atoms. The number of ether oxygens (including phenoxy) is 1. The standard InChI is InChI=1S/C16H13ClN4OS/c17-15-4-2-1-3-13(15)10-22-14-7-5-12(6-8-14)9-19-21-11-18-20-16(21)23/h1-9,11H,10H2,(H,20,23)/b19-9+. The van der Waals surface area contributed by atoms with Gasteiger partial charge in [0, 0.05) is 10.6 Å². The fourth-order valence-corrected chi connectivity index (χ4v) is 2.22. The fourth-order valence-electron chi connectivity index (χ4n) is 1.88. The van der Waals surface area contributed by atoms with Gasteiger partial charge in [0.25, 0.3) is 0 Å². The van der Waals surface area contributed by atoms with Crippen LogP contribution in [0.15, 0.2) is 60.0 Å². The molecular weight excluding hydrogens is 332 g/mol. The van der Waals surface area contributed by atoms with Crippen molar-refractivity contribution < 1.29 is 4.74 Å². The number of aromatic nitrogens is 3. The second-order valence-corrected chi connectivity index (χ2v) is 5.49. The van der Waals surface area contributed by atoms with E-state index in [0.717, 1.165) is 16.9 Å². The molecule has 7 heteroatoms. The molecular formula is C16H13ClN4OS. The zero-order valence-corrected chi connectivity index (χ0v) is 13.6. The number of H-pyrrole nitrogens is 1. The third-order valence-electron chi connectivity index (χ3n) is 3.10. The second-order valence-electron chi connectivity index (χ2n) is 4.70. The van der Waals surface area contributed by atoms with Crippen LogP contribution in [-0.4, -0.2) is 21.1 Å². The predicted molar refractivity (Wildman–Crippen MR) is 92.6 cm³/mol. The van der Waals surface area contributed by atoms with Gasteiger partial charge in [0.15, 0.2) is 0 Å². The van der Waals surface area contributed by atoms with Crippen molar-refractivity contribution in [2.45, 2.75) is 6.61 Å². The van der Waals surface area contributed by atoms with Crippen LogP contribution in [0, 0.1) is 4.77 Å². The van der Waals surface area contributed by atoms with E-state index in [1.165, 1.54) is 11.0 Å². The molecule has 0 aliphatic rings. The van der Waals surface area contributed by atoms with Crippen LogP contribution in [-0.2, 0) is 6.61 Å². The first-order valence-electron chi connectivity index (χ1n) is 6.85. The topological polar surface area (TPSA) is 55.2 Å². The second kappa shape index (κ2) is 7.21. The summed E-state index contributed by atoms with van der Waals surface area (Å²) in [6.45, 7) is 0.428. The van der Waals surface area contributed by atoms with E-state index in [2.05, 4.69) is 15.3 Å². The van der Waals surface area contributed by atoms with Crippen LogP contribution in [0.3, 0.4) is 0 Å². The van der Waals surface area contributed by atoms with Crippen molar-refractivity contribution in [3.63, 3.8) is 0 Å². The third kappa shape index (κ3) is 4.06. The lowest BCUT2D eigenvalue weighted by Crippen LogP contribution is -1.96. The molecule has 0 aliphatic heterocycles. The largest absolute Gasteiger partial charge is 0.489 e. The van der Waals surface area contributed by atoms with Gasteiger partial charge in [-0.25, -0.2) is 0 Å². The van der Waals surface area contributed by atoms with Gasteiger partial charge in [-0.2, -0.15) is 14.9 Å². The maximum atomic E-state index is 6.10. The van der Waals surface area contributed by atoms with E-state index in [-0.39, 0.29) is 0 Å². The molecule has 0 unspecified atom stereocenters. The normalized spacial score (nSPS) is 11.0. The zero-order chi connectivity index (χ0) is 16.1. The maximum Gasteiger partial charge on any atom is 0.216 e. The zero-order valence-electron chi connectivity index (χ0n) is 12.0. The van der Waals surface area contributed by atoms with Gasteiger partial charge in [-0.15, -0.1) is 0 Å². The summed E-state index contributed by atoms with van der Waals surface area (Å²) in [5.74, 6) is 0.766. The summed E-state index contributed by atoms with van der Waals surface area (Å²) in [6.07, 6.45) is 3.21. The lowest BCUT2D eigenvalue weighted by atomic mass is 10.2. The number of rotatable bonds is 5. The summed E-state index contributed by atoms with van der Waals surface area (Å²) in [7, 11) is 0. The van der Waals surface area contributed by atoms with Gasteiger partial charge in [-0.1, -0.05) is 29.8 Å². The summed E-state index contributed by atoms with van der Waals surface area (Å²) in [5.41, 5.74) is 1.88. The number of hydrogen-bond donors (Lipinski definition) is 1. The monoisotopic (exact) mass is 344 g/mol. The Morgan fingerprint density at radius 2 is 2.00 bits per heavy atom. The minimum atomic E-state index is 0.428. The molecule has 3 rings (SSSR count). The first-order valence-corrected chi connectivity index (χ1v) is 7.63. The molecule has 2 aromatic carbocycles. The number of hydrogen-bond acceptors (Lipinski definition) is 4. The summed E-state index contributed by atoms with van der Waals surface area (Å²) in [6, 6.07) is 15.2. The molecule has 0 fully saturated rings. The molecule has 1 aromatic heterocycles. The van der Waals surface area contributed by atoms with Gasteiger partial charge in [0.05, 0.1) is 6.21 Å². The Morgan fingerprint density at radius 1 is 1.22 bits per heavy atom. The van der Waals surface area contributed by atoms with Crippen molar-refractivity contribution in [3.05, 3.63) is 75.8 Å². The van der Waals surface area contributed by atoms with Crippen molar-refractivity contribution >= 4 is 30.0 Å². The third-order valence-corrected chi connectivity index (χ3v) is 3.75. The minimum Gasteiger partial charge on any atom is -0.489 e. The minimum absolute atomic E-state index is 0.428. The molecule has 0 spiro atoms. The van der Waals surface area contributed by atoms with Crippen molar-refractivity contribution in [2.75, 3.05) is 0 Å². The van der Waals surface area contributed by atoms with E-state index < -0.39 is 0 Å². The molecule has 0 amide bonds. The van der Waals surface area contributed by atoms with Crippen LogP contribution in [0.25, 0.3) is 0 Å². The molecule has 0 aliphatic carbocycles. The van der Waals surface area contributed by atoms with E-state index in [1.807, 2.05) is 48.5 Å². The number of benzene rings is 2. The summed E-state index contributed by atoms with van der Waals surface area (Å²) in [4.78, 5) is 0. The van der Waals surface area contributed by atoms with E-state index in [4.69, 9.17) is 28.6 Å². The number of nitrogens with zero attached hydrogens (tertiary/aromatic N) is 3. The lowest BCUT2D eigenvalue weighted by Gasteiger charge is -2.07. The first kappa shape index (κ1) is 15.5. The van der Waals surface area contributed by atoms with Crippen LogP contribution >= 0.6 is 23.8 Å². The Labute approximate surface area is 143 Å². The van der Waals surface area contributed by atoms with Crippen LogP contribution < -0.4 is 4.74 Å². The average molecular weight is 345 g/mol. The SMILES string of the molecule is S=c1[nH]ncn1/N=C/c1ccc(OCc2ccccc2Cl)cc1. The van der Waals surface area contributed by atoms with Crippen molar-refractivity contribution in [1.82, 2.24) is 14.9 Å². The van der Waals surface area contributed by atoms with Crippen molar-refractivity contribution in [1.29, 1.82) is 0 Å². The molecule has 1 heterocycles. The van der Waals surface area contributed by atoms with Crippen LogP contribution in [0.2, 0.25) is 5.02 Å². The Balaban J connectivity index is 1.63. The highest BCUT2D eigenvalue weighted by Gasteiger charge is 2.00. The van der Waals surface area contributed by atoms with Crippen molar-refractivity contribution in [2.24, 2.45) is 5.10 Å². The highest BCUT2D eigenvalue weighted by atomic mass is 35.5. The van der Waals surface area contributed by atoms with Gasteiger partial charge < -0.3 is 4.74 Å². The van der Waals surface area contributed by atoms with E-state index in [1.54, 1.807) is 6.21 Å². The van der Waals surface area contributed by atoms with Crippen LogP contribution in [0.5, 0.6) is 5.75 Å². The summed E-state index contributed by atoms with van der Waals surface area (Å²) < 4.78 is 7.66. The van der Waals surface area contributed by atoms with Crippen LogP contribution in [0.1, 0.15) is 11.1 Å². The van der Waals surface area contributed by atoms with Gasteiger partial charge in [0.2, 0.25) is 4.77 Å². The molecule has 0 saturated carbocycles. The Kier molecular flexibility index (Phi) is 4.85. The highest BCUT2D eigenvalue weighted by molar-refractivity contribution is 7.71. The highest BCUT2D eigenvalue weighted by Crippen LogP contribution is 2.18. The van der Waals surface area contributed by atoms with Crippen LogP contribution in [0.4, 0.5) is 0 Å². The quantitative estimate of drug-likeness (QED) is 0.561. The molecule has 23 heavy (non-hydrogen) atoms. The van der Waals surface area contributed by atoms with Crippen molar-refractivity contribution in [3.8, 4) is 5.75 Å². The van der Waals surface area contributed by atoms with E-state index in [9.17, 15) is 0 Å². The molecule has 116 valence electrons. The lowest BCUT2D eigenvalue weighted by molar-refractivity contribution is 0.306. The smallest absolute Gasteiger partial charge is 0.216 e. The summed E-state index contributed by atoms with van der Waals surface area (Å²) >= 11 is 11.1.